The zero-order chi connectivity index (χ0) is 15.1. The summed E-state index contributed by atoms with van der Waals surface area (Å²) < 4.78 is 1.87. The molecule has 0 aliphatic carbocycles. The number of anilines is 1. The molecule has 2 heterocycles. The third-order valence-corrected chi connectivity index (χ3v) is 5.34. The van der Waals surface area contributed by atoms with E-state index in [9.17, 15) is 9.59 Å². The van der Waals surface area contributed by atoms with Crippen LogP contribution >= 0.6 is 35.9 Å². The van der Waals surface area contributed by atoms with Gasteiger partial charge >= 0.3 is 0 Å². The summed E-state index contributed by atoms with van der Waals surface area (Å²) in [6.45, 7) is 0.654. The van der Waals surface area contributed by atoms with Crippen molar-refractivity contribution < 1.29 is 9.59 Å². The molecule has 2 rings (SSSR count). The van der Waals surface area contributed by atoms with E-state index in [1.54, 1.807) is 23.3 Å². The third-order valence-electron chi connectivity index (χ3n) is 3.03. The molecule has 1 aromatic heterocycles. The Bertz CT molecular complexity index is 493. The Balaban J connectivity index is 1.56. The summed E-state index contributed by atoms with van der Waals surface area (Å²) in [5, 5.41) is 5.93. The number of amides is 2. The molecule has 0 aromatic carbocycles. The lowest BCUT2D eigenvalue weighted by molar-refractivity contribution is -0.121. The summed E-state index contributed by atoms with van der Waals surface area (Å²) in [6.07, 6.45) is 3.16. The SMILES string of the molecule is O=C(CS)NCCCCCC(=O)NN1SCc2ccsc21. The lowest BCUT2D eigenvalue weighted by atomic mass is 10.2. The minimum Gasteiger partial charge on any atom is -0.355 e. The van der Waals surface area contributed by atoms with Crippen LogP contribution in [0, 0.1) is 0 Å². The number of nitrogens with zero attached hydrogens (tertiary/aromatic N) is 1. The van der Waals surface area contributed by atoms with Crippen LogP contribution in [0.4, 0.5) is 5.00 Å². The van der Waals surface area contributed by atoms with Crippen LogP contribution in [-0.2, 0) is 15.3 Å². The number of rotatable bonds is 8. The highest BCUT2D eigenvalue weighted by Gasteiger charge is 2.22. The van der Waals surface area contributed by atoms with Crippen LogP contribution in [0.15, 0.2) is 11.4 Å². The van der Waals surface area contributed by atoms with E-state index < -0.39 is 0 Å². The Morgan fingerprint density at radius 3 is 2.95 bits per heavy atom. The number of hydrogen-bond donors (Lipinski definition) is 3. The molecule has 0 fully saturated rings. The van der Waals surface area contributed by atoms with E-state index in [0.29, 0.717) is 13.0 Å². The van der Waals surface area contributed by atoms with Crippen LogP contribution in [0.5, 0.6) is 0 Å². The van der Waals surface area contributed by atoms with Crippen LogP contribution in [0.3, 0.4) is 0 Å². The van der Waals surface area contributed by atoms with Crippen molar-refractivity contribution >= 4 is 52.7 Å². The molecule has 0 unspecified atom stereocenters. The van der Waals surface area contributed by atoms with Crippen LogP contribution in [0.25, 0.3) is 0 Å². The van der Waals surface area contributed by atoms with Crippen molar-refractivity contribution in [2.24, 2.45) is 0 Å². The molecule has 0 saturated heterocycles. The van der Waals surface area contributed by atoms with Gasteiger partial charge in [-0.15, -0.1) is 11.3 Å². The maximum Gasteiger partial charge on any atom is 0.239 e. The summed E-state index contributed by atoms with van der Waals surface area (Å²) in [5.41, 5.74) is 4.21. The van der Waals surface area contributed by atoms with Crippen LogP contribution in [-0.4, -0.2) is 24.1 Å². The van der Waals surface area contributed by atoms with Crippen molar-refractivity contribution in [2.75, 3.05) is 16.7 Å². The van der Waals surface area contributed by atoms with Crippen molar-refractivity contribution in [3.8, 4) is 0 Å². The summed E-state index contributed by atoms with van der Waals surface area (Å²) in [7, 11) is 0. The van der Waals surface area contributed by atoms with E-state index in [2.05, 4.69) is 29.4 Å². The standard InChI is InChI=1S/C13H19N3O2S3/c17-11(4-2-1-3-6-14-12(18)8-19)15-16-13-10(9-21-16)5-7-20-13/h5,7,19H,1-4,6,8-9H2,(H,14,18)(H,15,17). The Kier molecular flexibility index (Phi) is 6.72. The normalized spacial score (nSPS) is 13.1. The van der Waals surface area contributed by atoms with E-state index in [4.69, 9.17) is 0 Å². The largest absolute Gasteiger partial charge is 0.355 e. The molecule has 0 atom stereocenters. The number of carbonyl (C=O) groups excluding carboxylic acids is 2. The zero-order valence-corrected chi connectivity index (χ0v) is 14.2. The van der Waals surface area contributed by atoms with Crippen molar-refractivity contribution in [3.63, 3.8) is 0 Å². The molecule has 116 valence electrons. The second kappa shape index (κ2) is 8.55. The number of thiophene rings is 1. The van der Waals surface area contributed by atoms with Crippen LogP contribution < -0.4 is 15.2 Å². The average Bonchev–Trinajstić information content (AvgIpc) is 3.07. The van der Waals surface area contributed by atoms with Gasteiger partial charge in [0.25, 0.3) is 0 Å². The molecule has 2 N–H and O–H groups in total. The van der Waals surface area contributed by atoms with Gasteiger partial charge in [0.15, 0.2) is 0 Å². The Labute approximate surface area is 138 Å². The molecule has 1 aliphatic heterocycles. The number of thiol groups is 1. The van der Waals surface area contributed by atoms with Gasteiger partial charge in [-0.25, -0.2) is 4.41 Å². The smallest absolute Gasteiger partial charge is 0.239 e. The Hall–Kier alpha value is -0.860. The fourth-order valence-corrected chi connectivity index (χ4v) is 4.12. The number of hydrogen-bond acceptors (Lipinski definition) is 6. The molecule has 1 aliphatic rings. The number of nitrogens with one attached hydrogen (secondary N) is 2. The van der Waals surface area contributed by atoms with Gasteiger partial charge in [0.1, 0.15) is 5.00 Å². The number of hydrazine groups is 1. The molecule has 0 bridgehead atoms. The van der Waals surface area contributed by atoms with Gasteiger partial charge in [0.2, 0.25) is 11.8 Å². The average molecular weight is 346 g/mol. The second-order valence-electron chi connectivity index (χ2n) is 4.67. The fraction of sp³-hybridized carbons (Fsp3) is 0.538. The molecule has 0 radical (unpaired) electrons. The first kappa shape index (κ1) is 16.5. The number of carbonyl (C=O) groups is 2. The van der Waals surface area contributed by atoms with E-state index in [1.165, 1.54) is 5.56 Å². The summed E-state index contributed by atoms with van der Waals surface area (Å²) in [6, 6.07) is 2.10. The zero-order valence-electron chi connectivity index (χ0n) is 11.6. The lowest BCUT2D eigenvalue weighted by Crippen LogP contribution is -2.35. The summed E-state index contributed by atoms with van der Waals surface area (Å²) >= 11 is 7.15. The molecular weight excluding hydrogens is 326 g/mol. The van der Waals surface area contributed by atoms with E-state index in [1.807, 2.05) is 9.79 Å². The van der Waals surface area contributed by atoms with Crippen LogP contribution in [0.1, 0.15) is 31.2 Å². The van der Waals surface area contributed by atoms with Crippen molar-refractivity contribution in [1.29, 1.82) is 0 Å². The molecule has 21 heavy (non-hydrogen) atoms. The van der Waals surface area contributed by atoms with Gasteiger partial charge in [-0.1, -0.05) is 6.42 Å². The van der Waals surface area contributed by atoms with Gasteiger partial charge in [0, 0.05) is 24.3 Å². The fourth-order valence-electron chi connectivity index (χ4n) is 1.93. The van der Waals surface area contributed by atoms with E-state index in [-0.39, 0.29) is 17.6 Å². The maximum atomic E-state index is 11.9. The molecule has 0 saturated carbocycles. The molecule has 8 heteroatoms. The minimum atomic E-state index is -0.0473. The maximum absolute atomic E-state index is 11.9. The van der Waals surface area contributed by atoms with Gasteiger partial charge in [-0.3, -0.25) is 15.0 Å². The van der Waals surface area contributed by atoms with Crippen molar-refractivity contribution in [2.45, 2.75) is 31.4 Å². The first-order valence-electron chi connectivity index (χ1n) is 6.87. The Morgan fingerprint density at radius 2 is 2.14 bits per heavy atom. The monoisotopic (exact) mass is 345 g/mol. The molecule has 5 nitrogen and oxygen atoms in total. The van der Waals surface area contributed by atoms with Gasteiger partial charge < -0.3 is 5.32 Å². The van der Waals surface area contributed by atoms with E-state index >= 15 is 0 Å². The first-order chi connectivity index (χ1) is 10.2. The topological polar surface area (TPSA) is 61.4 Å². The second-order valence-corrected chi connectivity index (χ2v) is 6.80. The third kappa shape index (κ3) is 5.12. The van der Waals surface area contributed by atoms with E-state index in [0.717, 1.165) is 30.0 Å². The highest BCUT2D eigenvalue weighted by molar-refractivity contribution is 8.00. The highest BCUT2D eigenvalue weighted by atomic mass is 32.2. The number of fused-ring (bicyclic) bond motifs is 1. The highest BCUT2D eigenvalue weighted by Crippen LogP contribution is 2.40. The van der Waals surface area contributed by atoms with Gasteiger partial charge in [-0.2, -0.15) is 12.6 Å². The van der Waals surface area contributed by atoms with Crippen LogP contribution in [0.2, 0.25) is 0 Å². The van der Waals surface area contributed by atoms with Crippen molar-refractivity contribution in [3.05, 3.63) is 17.0 Å². The predicted molar refractivity (Wildman–Crippen MR) is 91.6 cm³/mol. The lowest BCUT2D eigenvalue weighted by Gasteiger charge is -2.17. The molecule has 1 aromatic rings. The Morgan fingerprint density at radius 1 is 1.29 bits per heavy atom. The molecule has 0 spiro atoms. The quantitative estimate of drug-likeness (QED) is 0.384. The van der Waals surface area contributed by atoms with Gasteiger partial charge in [-0.05, 0) is 36.2 Å². The summed E-state index contributed by atoms with van der Waals surface area (Å²) in [4.78, 5) is 22.8. The predicted octanol–water partition coefficient (Wildman–Crippen LogP) is 2.35. The summed E-state index contributed by atoms with van der Waals surface area (Å²) in [5.74, 6) is 1.14. The van der Waals surface area contributed by atoms with Gasteiger partial charge in [0.05, 0.1) is 5.75 Å². The minimum absolute atomic E-state index is 0.0446. The first-order valence-corrected chi connectivity index (χ1v) is 9.32. The molecular formula is C13H19N3O2S3. The van der Waals surface area contributed by atoms with Crippen molar-refractivity contribution in [1.82, 2.24) is 10.7 Å². The molecule has 2 amide bonds. The number of unbranched alkanes of at least 4 members (excludes halogenated alkanes) is 2.